The van der Waals surface area contributed by atoms with Gasteiger partial charge in [-0.05, 0) is 43.4 Å². The summed E-state index contributed by atoms with van der Waals surface area (Å²) in [6, 6.07) is 0. The van der Waals surface area contributed by atoms with E-state index in [4.69, 9.17) is 5.73 Å². The Bertz CT molecular complexity index is 544. The molecule has 0 unspecified atom stereocenters. The fourth-order valence-electron chi connectivity index (χ4n) is 3.14. The van der Waals surface area contributed by atoms with Gasteiger partial charge in [-0.2, -0.15) is 0 Å². The molecule has 0 bridgehead atoms. The fourth-order valence-corrected chi connectivity index (χ4v) is 4.29. The molecule has 2 aliphatic carbocycles. The van der Waals surface area contributed by atoms with Crippen molar-refractivity contribution < 1.29 is 4.79 Å². The third-order valence-corrected chi connectivity index (χ3v) is 5.94. The van der Waals surface area contributed by atoms with E-state index in [0.717, 1.165) is 11.5 Å². The molecule has 1 aromatic heterocycles. The van der Waals surface area contributed by atoms with E-state index in [0.29, 0.717) is 21.9 Å². The van der Waals surface area contributed by atoms with Gasteiger partial charge in [0.25, 0.3) is 5.91 Å². The van der Waals surface area contributed by atoms with Crippen molar-refractivity contribution in [3.8, 4) is 0 Å². The summed E-state index contributed by atoms with van der Waals surface area (Å²) in [6.07, 6.45) is 7.59. The molecular weight excluding hydrogens is 282 g/mol. The van der Waals surface area contributed by atoms with E-state index >= 15 is 0 Å². The molecule has 0 aromatic carbocycles. The van der Waals surface area contributed by atoms with Crippen molar-refractivity contribution in [2.24, 2.45) is 5.41 Å². The van der Waals surface area contributed by atoms with Gasteiger partial charge in [-0.1, -0.05) is 13.3 Å². The smallest absolute Gasteiger partial charge is 0.263 e. The number of hydrogen-bond donors (Lipinski definition) is 3. The molecule has 0 spiro atoms. The molecule has 0 atom stereocenters. The minimum atomic E-state index is -0.0675. The molecule has 2 saturated carbocycles. The second-order valence-electron chi connectivity index (χ2n) is 6.54. The summed E-state index contributed by atoms with van der Waals surface area (Å²) in [5.41, 5.74) is 8.64. The zero-order chi connectivity index (χ0) is 15.0. The maximum absolute atomic E-state index is 12.0. The first-order valence-corrected chi connectivity index (χ1v) is 8.80. The first-order valence-electron chi connectivity index (χ1n) is 7.98. The number of hydrogen-bond acceptors (Lipinski definition) is 4. The van der Waals surface area contributed by atoms with Crippen molar-refractivity contribution in [1.82, 2.24) is 5.32 Å². The molecule has 2 aliphatic rings. The molecule has 4 nitrogen and oxygen atoms in total. The van der Waals surface area contributed by atoms with Crippen molar-refractivity contribution in [3.63, 3.8) is 0 Å². The van der Waals surface area contributed by atoms with E-state index in [2.05, 4.69) is 17.6 Å². The van der Waals surface area contributed by atoms with Crippen LogP contribution >= 0.6 is 11.3 Å². The first kappa shape index (κ1) is 14.7. The predicted molar refractivity (Wildman–Crippen MR) is 89.2 cm³/mol. The second kappa shape index (κ2) is 5.52. The number of nitrogens with two attached hydrogens (primary N) is 1. The van der Waals surface area contributed by atoms with Crippen LogP contribution in [0.4, 0.5) is 10.7 Å². The SMILES string of the molecule is CCCC1(CNc2sc(C(=O)NC)c(N)c2C2CC2)CC1. The standard InChI is InChI=1S/C16H25N3OS/c1-3-6-16(7-8-16)9-19-15-11(10-4-5-10)12(17)13(21-15)14(20)18-2/h10,19H,3-9,17H2,1-2H3,(H,18,20). The van der Waals surface area contributed by atoms with E-state index in [-0.39, 0.29) is 5.91 Å². The minimum Gasteiger partial charge on any atom is -0.397 e. The molecule has 0 aliphatic heterocycles. The first-order chi connectivity index (χ1) is 10.1. The number of nitrogen functional groups attached to an aromatic ring is 1. The average molecular weight is 307 g/mol. The lowest BCUT2D eigenvalue weighted by atomic mass is 10.0. The van der Waals surface area contributed by atoms with Crippen LogP contribution in [0.1, 0.15) is 66.6 Å². The number of carbonyl (C=O) groups excluding carboxylic acids is 1. The van der Waals surface area contributed by atoms with Crippen molar-refractivity contribution in [1.29, 1.82) is 0 Å². The summed E-state index contributed by atoms with van der Waals surface area (Å²) >= 11 is 1.53. The Labute approximate surface area is 130 Å². The van der Waals surface area contributed by atoms with Gasteiger partial charge in [0.05, 0.1) is 10.7 Å². The van der Waals surface area contributed by atoms with Crippen molar-refractivity contribution in [2.75, 3.05) is 24.6 Å². The van der Waals surface area contributed by atoms with E-state index in [1.807, 2.05) is 0 Å². The number of amides is 1. The number of anilines is 2. The number of nitrogens with one attached hydrogen (secondary N) is 2. The van der Waals surface area contributed by atoms with Crippen LogP contribution in [-0.2, 0) is 0 Å². The lowest BCUT2D eigenvalue weighted by Crippen LogP contribution is -2.17. The molecule has 1 heterocycles. The van der Waals surface area contributed by atoms with E-state index in [1.54, 1.807) is 7.05 Å². The zero-order valence-corrected chi connectivity index (χ0v) is 13.7. The molecule has 2 fully saturated rings. The van der Waals surface area contributed by atoms with E-state index < -0.39 is 0 Å². The average Bonchev–Trinajstić information content (AvgIpc) is 3.38. The molecule has 0 radical (unpaired) electrons. The fraction of sp³-hybridized carbons (Fsp3) is 0.688. The second-order valence-corrected chi connectivity index (χ2v) is 7.57. The van der Waals surface area contributed by atoms with Crippen LogP contribution in [0.15, 0.2) is 0 Å². The Morgan fingerprint density at radius 3 is 2.67 bits per heavy atom. The van der Waals surface area contributed by atoms with Crippen LogP contribution in [0.5, 0.6) is 0 Å². The summed E-state index contributed by atoms with van der Waals surface area (Å²) in [6.45, 7) is 3.27. The third kappa shape index (κ3) is 2.89. The Balaban J connectivity index is 1.79. The van der Waals surface area contributed by atoms with E-state index in [9.17, 15) is 4.79 Å². The monoisotopic (exact) mass is 307 g/mol. The van der Waals surface area contributed by atoms with Gasteiger partial charge >= 0.3 is 0 Å². The van der Waals surface area contributed by atoms with Gasteiger partial charge in [0.1, 0.15) is 4.88 Å². The zero-order valence-electron chi connectivity index (χ0n) is 12.9. The maximum atomic E-state index is 12.0. The Kier molecular flexibility index (Phi) is 3.86. The summed E-state index contributed by atoms with van der Waals surface area (Å²) in [4.78, 5) is 12.6. The minimum absolute atomic E-state index is 0.0675. The van der Waals surface area contributed by atoms with Gasteiger partial charge in [0.2, 0.25) is 0 Å². The molecule has 5 heteroatoms. The lowest BCUT2D eigenvalue weighted by molar-refractivity contribution is 0.0968. The molecule has 3 rings (SSSR count). The van der Waals surface area contributed by atoms with Crippen LogP contribution in [0.25, 0.3) is 0 Å². The van der Waals surface area contributed by atoms with Crippen LogP contribution < -0.4 is 16.4 Å². The third-order valence-electron chi connectivity index (χ3n) is 4.76. The summed E-state index contributed by atoms with van der Waals surface area (Å²) in [5.74, 6) is 0.491. The highest BCUT2D eigenvalue weighted by molar-refractivity contribution is 7.18. The molecule has 116 valence electrons. The van der Waals surface area contributed by atoms with Crippen LogP contribution in [0, 0.1) is 5.41 Å². The predicted octanol–water partition coefficient (Wildman–Crippen LogP) is 3.56. The highest BCUT2D eigenvalue weighted by Gasteiger charge is 2.42. The molecular formula is C16H25N3OS. The normalized spacial score (nSPS) is 19.3. The highest BCUT2D eigenvalue weighted by Crippen LogP contribution is 2.53. The summed E-state index contributed by atoms with van der Waals surface area (Å²) < 4.78 is 0. The maximum Gasteiger partial charge on any atom is 0.263 e. The molecule has 21 heavy (non-hydrogen) atoms. The van der Waals surface area contributed by atoms with Crippen molar-refractivity contribution in [3.05, 3.63) is 10.4 Å². The molecule has 0 saturated heterocycles. The van der Waals surface area contributed by atoms with Crippen molar-refractivity contribution >= 4 is 27.9 Å². The highest BCUT2D eigenvalue weighted by atomic mass is 32.1. The van der Waals surface area contributed by atoms with Crippen LogP contribution in [-0.4, -0.2) is 19.5 Å². The molecule has 1 aromatic rings. The van der Waals surface area contributed by atoms with Crippen LogP contribution in [0.3, 0.4) is 0 Å². The van der Waals surface area contributed by atoms with Gasteiger partial charge in [-0.25, -0.2) is 0 Å². The summed E-state index contributed by atoms with van der Waals surface area (Å²) in [7, 11) is 1.66. The molecule has 4 N–H and O–H groups in total. The Morgan fingerprint density at radius 2 is 2.14 bits per heavy atom. The number of carbonyl (C=O) groups is 1. The number of thiophene rings is 1. The van der Waals surface area contributed by atoms with Gasteiger partial charge in [-0.15, -0.1) is 11.3 Å². The largest absolute Gasteiger partial charge is 0.397 e. The van der Waals surface area contributed by atoms with Gasteiger partial charge in [0, 0.05) is 19.2 Å². The lowest BCUT2D eigenvalue weighted by Gasteiger charge is -2.16. The topological polar surface area (TPSA) is 67.2 Å². The Morgan fingerprint density at radius 1 is 1.43 bits per heavy atom. The number of rotatable bonds is 7. The summed E-state index contributed by atoms with van der Waals surface area (Å²) in [5, 5.41) is 7.45. The van der Waals surface area contributed by atoms with Crippen molar-refractivity contribution in [2.45, 2.75) is 51.4 Å². The van der Waals surface area contributed by atoms with Gasteiger partial charge in [0.15, 0.2) is 0 Å². The quantitative estimate of drug-likeness (QED) is 0.721. The van der Waals surface area contributed by atoms with Gasteiger partial charge < -0.3 is 16.4 Å². The van der Waals surface area contributed by atoms with E-state index in [1.165, 1.54) is 55.4 Å². The Hall–Kier alpha value is -1.23. The van der Waals surface area contributed by atoms with Crippen LogP contribution in [0.2, 0.25) is 0 Å². The van der Waals surface area contributed by atoms with Gasteiger partial charge in [-0.3, -0.25) is 4.79 Å². The molecule has 1 amide bonds.